The van der Waals surface area contributed by atoms with Crippen molar-refractivity contribution >= 4 is 5.91 Å². The molecule has 0 spiro atoms. The largest absolute Gasteiger partial charge is 0.338 e. The maximum Gasteiger partial charge on any atom is 0.242 e. The van der Waals surface area contributed by atoms with Gasteiger partial charge in [0.2, 0.25) is 5.91 Å². The van der Waals surface area contributed by atoms with Gasteiger partial charge < -0.3 is 15.1 Å². The van der Waals surface area contributed by atoms with Gasteiger partial charge in [0.15, 0.2) is 0 Å². The van der Waals surface area contributed by atoms with Gasteiger partial charge in [0, 0.05) is 51.9 Å². The third-order valence-electron chi connectivity index (χ3n) is 4.68. The van der Waals surface area contributed by atoms with Crippen LogP contribution in [0.3, 0.4) is 0 Å². The molecular formula is C14H28N4O. The summed E-state index contributed by atoms with van der Waals surface area (Å²) in [6.07, 6.45) is 0. The SMILES string of the molecule is CC1CN(C(=O)C(C)(C)N2CCNCC2)CCN1C. The smallest absolute Gasteiger partial charge is 0.242 e. The number of rotatable bonds is 2. The van der Waals surface area contributed by atoms with Gasteiger partial charge in [0.05, 0.1) is 5.54 Å². The predicted octanol–water partition coefficient (Wildman–Crippen LogP) is -0.167. The highest BCUT2D eigenvalue weighted by Crippen LogP contribution is 2.20. The third-order valence-corrected chi connectivity index (χ3v) is 4.68. The van der Waals surface area contributed by atoms with E-state index in [2.05, 4.69) is 42.9 Å². The van der Waals surface area contributed by atoms with Gasteiger partial charge in [-0.2, -0.15) is 0 Å². The highest BCUT2D eigenvalue weighted by atomic mass is 16.2. The topological polar surface area (TPSA) is 38.8 Å². The lowest BCUT2D eigenvalue weighted by atomic mass is 9.98. The van der Waals surface area contributed by atoms with Gasteiger partial charge >= 0.3 is 0 Å². The van der Waals surface area contributed by atoms with Gasteiger partial charge in [-0.3, -0.25) is 9.69 Å². The first-order valence-electron chi connectivity index (χ1n) is 7.38. The summed E-state index contributed by atoms with van der Waals surface area (Å²) in [6.45, 7) is 12.9. The standard InChI is InChI=1S/C14H28N4O/c1-12-11-17(10-9-16(12)4)13(19)14(2,3)18-7-5-15-6-8-18/h12,15H,5-11H2,1-4H3. The van der Waals surface area contributed by atoms with Gasteiger partial charge in [-0.15, -0.1) is 0 Å². The number of carbonyl (C=O) groups excluding carboxylic acids is 1. The molecule has 0 aliphatic carbocycles. The Labute approximate surface area is 116 Å². The molecule has 2 aliphatic heterocycles. The molecule has 1 amide bonds. The minimum absolute atomic E-state index is 0.286. The Morgan fingerprint density at radius 1 is 1.16 bits per heavy atom. The average Bonchev–Trinajstić information content (AvgIpc) is 2.42. The first-order valence-corrected chi connectivity index (χ1v) is 7.38. The fourth-order valence-corrected chi connectivity index (χ4v) is 2.98. The van der Waals surface area contributed by atoms with E-state index in [1.54, 1.807) is 0 Å². The zero-order valence-electron chi connectivity index (χ0n) is 12.8. The first kappa shape index (κ1) is 14.8. The Bertz CT molecular complexity index is 325. The molecule has 5 nitrogen and oxygen atoms in total. The van der Waals surface area contributed by atoms with E-state index in [-0.39, 0.29) is 11.4 Å². The number of amides is 1. The van der Waals surface area contributed by atoms with E-state index < -0.39 is 0 Å². The number of hydrogen-bond donors (Lipinski definition) is 1. The summed E-state index contributed by atoms with van der Waals surface area (Å²) < 4.78 is 0. The Balaban J connectivity index is 2.01. The lowest BCUT2D eigenvalue weighted by Crippen LogP contribution is -2.63. The van der Waals surface area contributed by atoms with Crippen LogP contribution < -0.4 is 5.32 Å². The van der Waals surface area contributed by atoms with E-state index in [9.17, 15) is 4.79 Å². The first-order chi connectivity index (χ1) is 8.93. The molecule has 2 rings (SSSR count). The zero-order valence-corrected chi connectivity index (χ0v) is 12.8. The fourth-order valence-electron chi connectivity index (χ4n) is 2.98. The number of hydrogen-bond acceptors (Lipinski definition) is 4. The lowest BCUT2D eigenvalue weighted by molar-refractivity contribution is -0.145. The van der Waals surface area contributed by atoms with E-state index in [1.165, 1.54) is 0 Å². The molecule has 2 heterocycles. The van der Waals surface area contributed by atoms with Crippen LogP contribution in [0.5, 0.6) is 0 Å². The molecule has 0 radical (unpaired) electrons. The summed E-state index contributed by atoms with van der Waals surface area (Å²) >= 11 is 0. The van der Waals surface area contributed by atoms with E-state index >= 15 is 0 Å². The van der Waals surface area contributed by atoms with Crippen LogP contribution in [0.15, 0.2) is 0 Å². The highest BCUT2D eigenvalue weighted by molar-refractivity contribution is 5.85. The molecule has 1 atom stereocenters. The Morgan fingerprint density at radius 3 is 2.37 bits per heavy atom. The van der Waals surface area contributed by atoms with Crippen molar-refractivity contribution in [1.29, 1.82) is 0 Å². The molecule has 19 heavy (non-hydrogen) atoms. The molecule has 0 aromatic carbocycles. The minimum atomic E-state index is -0.377. The third kappa shape index (κ3) is 3.09. The Hall–Kier alpha value is -0.650. The number of nitrogens with zero attached hydrogens (tertiary/aromatic N) is 3. The van der Waals surface area contributed by atoms with Crippen LogP contribution in [0, 0.1) is 0 Å². The second-order valence-electron chi connectivity index (χ2n) is 6.38. The molecule has 2 saturated heterocycles. The normalized spacial score (nSPS) is 27.6. The molecule has 0 aromatic rings. The Kier molecular flexibility index (Phi) is 4.48. The van der Waals surface area contributed by atoms with E-state index in [4.69, 9.17) is 0 Å². The summed E-state index contributed by atoms with van der Waals surface area (Å²) in [5, 5.41) is 3.34. The average molecular weight is 268 g/mol. The molecule has 1 N–H and O–H groups in total. The van der Waals surface area contributed by atoms with Gasteiger partial charge in [-0.25, -0.2) is 0 Å². The van der Waals surface area contributed by atoms with Gasteiger partial charge in [-0.1, -0.05) is 0 Å². The van der Waals surface area contributed by atoms with Gasteiger partial charge in [-0.05, 0) is 27.8 Å². The minimum Gasteiger partial charge on any atom is -0.338 e. The van der Waals surface area contributed by atoms with Crippen LogP contribution in [-0.2, 0) is 4.79 Å². The molecule has 0 saturated carbocycles. The molecule has 2 aliphatic rings. The molecule has 1 unspecified atom stereocenters. The number of nitrogens with one attached hydrogen (secondary N) is 1. The van der Waals surface area contributed by atoms with E-state index in [1.807, 2.05) is 4.90 Å². The Morgan fingerprint density at radius 2 is 1.79 bits per heavy atom. The van der Waals surface area contributed by atoms with Crippen LogP contribution in [-0.4, -0.2) is 85.0 Å². The molecule has 5 heteroatoms. The molecule has 0 aromatic heterocycles. The summed E-state index contributed by atoms with van der Waals surface area (Å²) in [5.41, 5.74) is -0.377. The van der Waals surface area contributed by atoms with Crippen molar-refractivity contribution in [2.75, 3.05) is 52.9 Å². The monoisotopic (exact) mass is 268 g/mol. The van der Waals surface area contributed by atoms with Crippen molar-refractivity contribution in [1.82, 2.24) is 20.0 Å². The van der Waals surface area contributed by atoms with Crippen molar-refractivity contribution in [3.8, 4) is 0 Å². The van der Waals surface area contributed by atoms with Crippen molar-refractivity contribution in [2.24, 2.45) is 0 Å². The van der Waals surface area contributed by atoms with Crippen LogP contribution in [0.1, 0.15) is 20.8 Å². The second kappa shape index (κ2) is 5.77. The second-order valence-corrected chi connectivity index (χ2v) is 6.38. The van der Waals surface area contributed by atoms with E-state index in [0.717, 1.165) is 45.8 Å². The lowest BCUT2D eigenvalue weighted by Gasteiger charge is -2.45. The van der Waals surface area contributed by atoms with Crippen molar-refractivity contribution in [3.05, 3.63) is 0 Å². The molecular weight excluding hydrogens is 240 g/mol. The summed E-state index contributed by atoms with van der Waals surface area (Å²) in [6, 6.07) is 0.455. The molecule has 2 fully saturated rings. The fraction of sp³-hybridized carbons (Fsp3) is 0.929. The number of piperazine rings is 2. The summed E-state index contributed by atoms with van der Waals surface area (Å²) in [7, 11) is 2.13. The van der Waals surface area contributed by atoms with Crippen molar-refractivity contribution in [3.63, 3.8) is 0 Å². The number of carbonyl (C=O) groups is 1. The summed E-state index contributed by atoms with van der Waals surface area (Å²) in [4.78, 5) is 19.5. The van der Waals surface area contributed by atoms with Crippen LogP contribution >= 0.6 is 0 Å². The predicted molar refractivity (Wildman–Crippen MR) is 77.2 cm³/mol. The van der Waals surface area contributed by atoms with Crippen molar-refractivity contribution < 1.29 is 4.79 Å². The molecule has 0 bridgehead atoms. The van der Waals surface area contributed by atoms with E-state index in [0.29, 0.717) is 6.04 Å². The van der Waals surface area contributed by atoms with Gasteiger partial charge in [0.25, 0.3) is 0 Å². The van der Waals surface area contributed by atoms with Crippen molar-refractivity contribution in [2.45, 2.75) is 32.4 Å². The quantitative estimate of drug-likeness (QED) is 0.755. The number of likely N-dealkylation sites (N-methyl/N-ethyl adjacent to an activating group) is 1. The highest BCUT2D eigenvalue weighted by Gasteiger charge is 2.39. The van der Waals surface area contributed by atoms with Crippen LogP contribution in [0.2, 0.25) is 0 Å². The van der Waals surface area contributed by atoms with Crippen LogP contribution in [0.25, 0.3) is 0 Å². The maximum atomic E-state index is 12.8. The maximum absolute atomic E-state index is 12.8. The zero-order chi connectivity index (χ0) is 14.0. The van der Waals surface area contributed by atoms with Crippen LogP contribution in [0.4, 0.5) is 0 Å². The summed E-state index contributed by atoms with van der Waals surface area (Å²) in [5.74, 6) is 0.286. The molecule has 110 valence electrons. The van der Waals surface area contributed by atoms with Gasteiger partial charge in [0.1, 0.15) is 0 Å².